The largest absolute Gasteiger partial charge is 0.328 e. The second-order valence-electron chi connectivity index (χ2n) is 5.17. The normalized spacial score (nSPS) is 13.1. The molecule has 0 spiro atoms. The first-order chi connectivity index (χ1) is 9.16. The summed E-state index contributed by atoms with van der Waals surface area (Å²) in [7, 11) is -2.22. The maximum atomic E-state index is 8.61. The molecule has 0 aromatic carbocycles. The van der Waals surface area contributed by atoms with Gasteiger partial charge >= 0.3 is 8.60 Å². The lowest BCUT2D eigenvalue weighted by Gasteiger charge is -2.11. The second-order valence-corrected chi connectivity index (χ2v) is 6.67. The van der Waals surface area contributed by atoms with Crippen LogP contribution < -0.4 is 0 Å². The Hall–Kier alpha value is 0.660. The fourth-order valence-electron chi connectivity index (χ4n) is 2.10. The summed E-state index contributed by atoms with van der Waals surface area (Å²) in [5.74, 6) is 0. The lowest BCUT2D eigenvalue weighted by molar-refractivity contribution is 0.252. The van der Waals surface area contributed by atoms with E-state index in [1.54, 1.807) is 0 Å². The molecule has 0 heterocycles. The average molecular weight is 310 g/mol. The molecular weight excluding hydrogens is 279 g/mol. The quantitative estimate of drug-likeness (QED) is 0.245. The molecule has 0 saturated heterocycles. The van der Waals surface area contributed by atoms with E-state index in [1.165, 1.54) is 57.8 Å². The van der Waals surface area contributed by atoms with Gasteiger partial charge < -0.3 is 14.3 Å². The molecule has 0 saturated carbocycles. The van der Waals surface area contributed by atoms with Crippen molar-refractivity contribution in [2.45, 2.75) is 82.8 Å². The Labute approximate surface area is 125 Å². The van der Waals surface area contributed by atoms with Crippen molar-refractivity contribution in [2.24, 2.45) is 0 Å². The number of thiol groups is 1. The molecule has 0 fully saturated rings. The molecule has 0 rings (SSSR count). The lowest BCUT2D eigenvalue weighted by Crippen LogP contribution is -2.06. The van der Waals surface area contributed by atoms with Gasteiger partial charge in [-0.3, -0.25) is 0 Å². The smallest absolute Gasteiger partial charge is 0.327 e. The SMILES string of the molecule is CCCCCCCCCCCCC(S)COP(O)O. The van der Waals surface area contributed by atoms with Gasteiger partial charge in [0.15, 0.2) is 0 Å². The van der Waals surface area contributed by atoms with Crippen LogP contribution in [-0.2, 0) is 4.52 Å². The summed E-state index contributed by atoms with van der Waals surface area (Å²) in [6.07, 6.45) is 14.3. The maximum absolute atomic E-state index is 8.61. The summed E-state index contributed by atoms with van der Waals surface area (Å²) in [6.45, 7) is 2.58. The predicted molar refractivity (Wildman–Crippen MR) is 86.5 cm³/mol. The van der Waals surface area contributed by atoms with Gasteiger partial charge in [0, 0.05) is 5.25 Å². The number of hydrogen-bond donors (Lipinski definition) is 3. The third kappa shape index (κ3) is 16.6. The minimum atomic E-state index is -2.22. The fourth-order valence-corrected chi connectivity index (χ4v) is 2.79. The van der Waals surface area contributed by atoms with E-state index < -0.39 is 8.60 Å². The molecule has 0 radical (unpaired) electrons. The second kappa shape index (κ2) is 15.1. The van der Waals surface area contributed by atoms with Crippen LogP contribution in [0.2, 0.25) is 0 Å². The first-order valence-corrected chi connectivity index (χ1v) is 9.33. The molecule has 0 amide bonds. The van der Waals surface area contributed by atoms with Crippen LogP contribution >= 0.6 is 21.2 Å². The summed E-state index contributed by atoms with van der Waals surface area (Å²) in [6, 6.07) is 0. The van der Waals surface area contributed by atoms with Crippen LogP contribution in [0.15, 0.2) is 0 Å². The molecule has 0 aliphatic rings. The fraction of sp³-hybridized carbons (Fsp3) is 1.00. The first-order valence-electron chi connectivity index (χ1n) is 7.65. The third-order valence-corrected chi connectivity index (χ3v) is 4.06. The van der Waals surface area contributed by atoms with Gasteiger partial charge in [0.05, 0.1) is 6.61 Å². The Bertz CT molecular complexity index is 182. The number of hydrogen-bond acceptors (Lipinski definition) is 4. The Morgan fingerprint density at radius 3 is 1.84 bits per heavy atom. The summed E-state index contributed by atoms with van der Waals surface area (Å²) in [5, 5.41) is 0.123. The zero-order valence-corrected chi connectivity index (χ0v) is 14.0. The van der Waals surface area contributed by atoms with Gasteiger partial charge in [0.2, 0.25) is 0 Å². The van der Waals surface area contributed by atoms with Gasteiger partial charge in [-0.25, -0.2) is 0 Å². The lowest BCUT2D eigenvalue weighted by atomic mass is 10.1. The summed E-state index contributed by atoms with van der Waals surface area (Å²) in [4.78, 5) is 17.2. The van der Waals surface area contributed by atoms with E-state index in [0.717, 1.165) is 12.8 Å². The molecule has 2 N–H and O–H groups in total. The van der Waals surface area contributed by atoms with E-state index >= 15 is 0 Å². The Morgan fingerprint density at radius 1 is 0.895 bits per heavy atom. The molecule has 116 valence electrons. The Morgan fingerprint density at radius 2 is 1.37 bits per heavy atom. The first kappa shape index (κ1) is 19.7. The molecule has 0 aliphatic heterocycles. The molecule has 1 unspecified atom stereocenters. The summed E-state index contributed by atoms with van der Waals surface area (Å²) in [5.41, 5.74) is 0. The van der Waals surface area contributed by atoms with Gasteiger partial charge in [0.25, 0.3) is 0 Å². The molecule has 1 atom stereocenters. The highest BCUT2D eigenvalue weighted by Crippen LogP contribution is 2.25. The van der Waals surface area contributed by atoms with Crippen LogP contribution in [0.1, 0.15) is 77.6 Å². The standard InChI is InChI=1S/C14H31O3PS/c1-2-3-4-5-6-7-8-9-10-11-12-14(19)13-17-18(15)16/h14-16,19H,2-13H2,1H3. The minimum Gasteiger partial charge on any atom is -0.328 e. The molecule has 0 aromatic rings. The van der Waals surface area contributed by atoms with E-state index in [1.807, 2.05) is 0 Å². The topological polar surface area (TPSA) is 49.7 Å². The molecular formula is C14H31O3PS. The van der Waals surface area contributed by atoms with Crippen molar-refractivity contribution in [3.05, 3.63) is 0 Å². The number of unbranched alkanes of at least 4 members (excludes halogenated alkanes) is 9. The molecule has 0 aromatic heterocycles. The van der Waals surface area contributed by atoms with Crippen LogP contribution in [0.5, 0.6) is 0 Å². The van der Waals surface area contributed by atoms with E-state index in [2.05, 4.69) is 19.6 Å². The van der Waals surface area contributed by atoms with E-state index in [0.29, 0.717) is 6.61 Å². The van der Waals surface area contributed by atoms with Crippen molar-refractivity contribution in [1.29, 1.82) is 0 Å². The molecule has 0 bridgehead atoms. The van der Waals surface area contributed by atoms with Crippen molar-refractivity contribution >= 4 is 21.2 Å². The molecule has 0 aliphatic carbocycles. The van der Waals surface area contributed by atoms with Crippen molar-refractivity contribution in [1.82, 2.24) is 0 Å². The Kier molecular flexibility index (Phi) is 15.6. The predicted octanol–water partition coefficient (Wildman–Crippen LogP) is 4.82. The molecule has 5 heteroatoms. The van der Waals surface area contributed by atoms with Crippen molar-refractivity contribution in [2.75, 3.05) is 6.61 Å². The zero-order chi connectivity index (χ0) is 14.3. The van der Waals surface area contributed by atoms with Gasteiger partial charge in [-0.2, -0.15) is 12.6 Å². The molecule has 3 nitrogen and oxygen atoms in total. The zero-order valence-electron chi connectivity index (χ0n) is 12.3. The van der Waals surface area contributed by atoms with Gasteiger partial charge in [0.1, 0.15) is 0 Å². The maximum Gasteiger partial charge on any atom is 0.327 e. The van der Waals surface area contributed by atoms with Crippen LogP contribution in [0.3, 0.4) is 0 Å². The van der Waals surface area contributed by atoms with E-state index in [4.69, 9.17) is 14.3 Å². The highest BCUT2D eigenvalue weighted by Gasteiger charge is 2.06. The van der Waals surface area contributed by atoms with Crippen LogP contribution in [0.25, 0.3) is 0 Å². The Balaban J connectivity index is 3.09. The highest BCUT2D eigenvalue weighted by atomic mass is 32.1. The van der Waals surface area contributed by atoms with Crippen LogP contribution in [0, 0.1) is 0 Å². The average Bonchev–Trinajstić information content (AvgIpc) is 2.38. The van der Waals surface area contributed by atoms with Crippen molar-refractivity contribution in [3.63, 3.8) is 0 Å². The summed E-state index contributed by atoms with van der Waals surface area (Å²) >= 11 is 4.36. The third-order valence-electron chi connectivity index (χ3n) is 3.27. The van der Waals surface area contributed by atoms with Crippen molar-refractivity contribution < 1.29 is 14.3 Å². The van der Waals surface area contributed by atoms with Gasteiger partial charge in [-0.05, 0) is 6.42 Å². The van der Waals surface area contributed by atoms with Gasteiger partial charge in [-0.15, -0.1) is 0 Å². The van der Waals surface area contributed by atoms with Crippen LogP contribution in [-0.4, -0.2) is 21.6 Å². The number of rotatable bonds is 14. The highest BCUT2D eigenvalue weighted by molar-refractivity contribution is 7.81. The van der Waals surface area contributed by atoms with Gasteiger partial charge in [-0.1, -0.05) is 71.1 Å². The van der Waals surface area contributed by atoms with E-state index in [9.17, 15) is 0 Å². The van der Waals surface area contributed by atoms with Crippen molar-refractivity contribution in [3.8, 4) is 0 Å². The summed E-state index contributed by atoms with van der Waals surface area (Å²) < 4.78 is 4.75. The van der Waals surface area contributed by atoms with Crippen LogP contribution in [0.4, 0.5) is 0 Å². The monoisotopic (exact) mass is 310 g/mol. The molecule has 19 heavy (non-hydrogen) atoms. The van der Waals surface area contributed by atoms with E-state index in [-0.39, 0.29) is 5.25 Å². The minimum absolute atomic E-state index is 0.123.